The molecule has 1 fully saturated rings. The van der Waals surface area contributed by atoms with Gasteiger partial charge < -0.3 is 9.67 Å². The van der Waals surface area contributed by atoms with E-state index in [1.54, 1.807) is 0 Å². The molecule has 0 aliphatic carbocycles. The maximum absolute atomic E-state index is 13.2. The second-order valence-corrected chi connectivity index (χ2v) is 8.70. The third-order valence-electron chi connectivity index (χ3n) is 5.31. The molecular formula is C24H18IN3O5. The molecule has 1 aromatic heterocycles. The third-order valence-corrected chi connectivity index (χ3v) is 6.03. The molecule has 0 atom stereocenters. The van der Waals surface area contributed by atoms with E-state index in [4.69, 9.17) is 0 Å². The summed E-state index contributed by atoms with van der Waals surface area (Å²) in [7, 11) is 0. The van der Waals surface area contributed by atoms with E-state index in [0.717, 1.165) is 25.5 Å². The number of nitrogens with zero attached hydrogens (tertiary/aromatic N) is 2. The van der Waals surface area contributed by atoms with E-state index in [-0.39, 0.29) is 16.8 Å². The van der Waals surface area contributed by atoms with E-state index in [2.05, 4.69) is 27.9 Å². The quantitative estimate of drug-likeness (QED) is 0.287. The predicted molar refractivity (Wildman–Crippen MR) is 130 cm³/mol. The first-order chi connectivity index (χ1) is 15.7. The summed E-state index contributed by atoms with van der Waals surface area (Å²) in [5.74, 6) is -2.84. The first-order valence-corrected chi connectivity index (χ1v) is 10.9. The van der Waals surface area contributed by atoms with Gasteiger partial charge in [0.2, 0.25) is 0 Å². The summed E-state index contributed by atoms with van der Waals surface area (Å²) < 4.78 is 3.11. The lowest BCUT2D eigenvalue weighted by molar-refractivity contribution is -0.122. The molecule has 2 aromatic carbocycles. The van der Waals surface area contributed by atoms with Crippen LogP contribution in [0.4, 0.5) is 10.5 Å². The number of hydrogen-bond donors (Lipinski definition) is 2. The van der Waals surface area contributed by atoms with Crippen LogP contribution in [0.3, 0.4) is 0 Å². The van der Waals surface area contributed by atoms with Crippen LogP contribution >= 0.6 is 22.6 Å². The van der Waals surface area contributed by atoms with Crippen molar-refractivity contribution in [1.82, 2.24) is 9.88 Å². The van der Waals surface area contributed by atoms with Gasteiger partial charge in [0.25, 0.3) is 11.8 Å². The highest BCUT2D eigenvalue weighted by Crippen LogP contribution is 2.26. The highest BCUT2D eigenvalue weighted by Gasteiger charge is 2.37. The fraction of sp³-hybridized carbons (Fsp3) is 0.0833. The monoisotopic (exact) mass is 555 g/mol. The molecule has 4 rings (SSSR count). The van der Waals surface area contributed by atoms with Crippen molar-refractivity contribution in [2.45, 2.75) is 13.8 Å². The molecule has 1 saturated heterocycles. The standard InChI is InChI=1S/C24H18IN3O5/c1-13-10-16(14(2)27(13)18-8-6-17(25)7-9-18)12-20-21(29)26-24(33)28(22(20)30)19-5-3-4-15(11-19)23(31)32/h3-12H,1-2H3,(H,31,32)(H,26,29,33)/b20-12-. The molecule has 1 aliphatic heterocycles. The van der Waals surface area contributed by atoms with Crippen molar-refractivity contribution in [3.63, 3.8) is 0 Å². The van der Waals surface area contributed by atoms with Crippen LogP contribution in [-0.2, 0) is 9.59 Å². The zero-order valence-corrected chi connectivity index (χ0v) is 19.8. The fourth-order valence-corrected chi connectivity index (χ4v) is 4.11. The number of benzene rings is 2. The number of hydrogen-bond acceptors (Lipinski definition) is 4. The molecule has 0 bridgehead atoms. The van der Waals surface area contributed by atoms with Crippen molar-refractivity contribution in [3.8, 4) is 5.69 Å². The normalized spacial score (nSPS) is 15.2. The minimum atomic E-state index is -1.20. The number of aryl methyl sites for hydroxylation is 1. The summed E-state index contributed by atoms with van der Waals surface area (Å²) >= 11 is 2.23. The lowest BCUT2D eigenvalue weighted by Crippen LogP contribution is -2.54. The summed E-state index contributed by atoms with van der Waals surface area (Å²) in [4.78, 5) is 50.2. The van der Waals surface area contributed by atoms with Crippen LogP contribution in [0.25, 0.3) is 11.8 Å². The van der Waals surface area contributed by atoms with Gasteiger partial charge in [-0.2, -0.15) is 0 Å². The van der Waals surface area contributed by atoms with Crippen molar-refractivity contribution < 1.29 is 24.3 Å². The largest absolute Gasteiger partial charge is 0.478 e. The van der Waals surface area contributed by atoms with Crippen LogP contribution in [-0.4, -0.2) is 33.5 Å². The molecule has 0 saturated carbocycles. The Labute approximate surface area is 202 Å². The van der Waals surface area contributed by atoms with Gasteiger partial charge in [0.05, 0.1) is 11.3 Å². The van der Waals surface area contributed by atoms with Crippen molar-refractivity contribution in [3.05, 3.63) is 86.3 Å². The Kier molecular flexibility index (Phi) is 5.90. The predicted octanol–water partition coefficient (Wildman–Crippen LogP) is 4.06. The lowest BCUT2D eigenvalue weighted by Gasteiger charge is -2.26. The summed E-state index contributed by atoms with van der Waals surface area (Å²) in [5, 5.41) is 11.4. The van der Waals surface area contributed by atoms with Gasteiger partial charge in [-0.1, -0.05) is 6.07 Å². The fourth-order valence-electron chi connectivity index (χ4n) is 3.75. The van der Waals surface area contributed by atoms with Gasteiger partial charge in [-0.05, 0) is 96.6 Å². The van der Waals surface area contributed by atoms with E-state index in [1.807, 2.05) is 48.7 Å². The van der Waals surface area contributed by atoms with Crippen LogP contribution in [0, 0.1) is 17.4 Å². The summed E-state index contributed by atoms with van der Waals surface area (Å²) in [6.07, 6.45) is 1.45. The van der Waals surface area contributed by atoms with Crippen LogP contribution < -0.4 is 10.2 Å². The van der Waals surface area contributed by atoms with Crippen molar-refractivity contribution in [2.24, 2.45) is 0 Å². The first kappa shape index (κ1) is 22.5. The number of amides is 4. The number of halogens is 1. The summed E-state index contributed by atoms with van der Waals surface area (Å²) in [5.41, 5.74) is 3.06. The molecule has 33 heavy (non-hydrogen) atoms. The number of aromatic nitrogens is 1. The molecule has 1 aliphatic rings. The van der Waals surface area contributed by atoms with Gasteiger partial charge in [0.15, 0.2) is 0 Å². The number of rotatable bonds is 4. The first-order valence-electron chi connectivity index (χ1n) is 9.87. The lowest BCUT2D eigenvalue weighted by atomic mass is 10.1. The molecule has 9 heteroatoms. The number of aromatic carboxylic acids is 1. The molecule has 8 nitrogen and oxygen atoms in total. The number of carbonyl (C=O) groups excluding carboxylic acids is 3. The van der Waals surface area contributed by atoms with E-state index < -0.39 is 23.8 Å². The average Bonchev–Trinajstić information content (AvgIpc) is 3.05. The average molecular weight is 555 g/mol. The highest BCUT2D eigenvalue weighted by molar-refractivity contribution is 14.1. The van der Waals surface area contributed by atoms with Crippen LogP contribution in [0.1, 0.15) is 27.3 Å². The zero-order chi connectivity index (χ0) is 23.9. The number of carbonyl (C=O) groups is 4. The smallest absolute Gasteiger partial charge is 0.335 e. The minimum absolute atomic E-state index is 0.0557. The number of imide groups is 2. The summed E-state index contributed by atoms with van der Waals surface area (Å²) in [6, 6.07) is 14.3. The zero-order valence-electron chi connectivity index (χ0n) is 17.6. The van der Waals surface area contributed by atoms with E-state index in [9.17, 15) is 24.3 Å². The van der Waals surface area contributed by atoms with E-state index >= 15 is 0 Å². The van der Waals surface area contributed by atoms with Gasteiger partial charge in [-0.15, -0.1) is 0 Å². The molecule has 0 unspecified atom stereocenters. The molecule has 2 N–H and O–H groups in total. The third kappa shape index (κ3) is 4.19. The van der Waals surface area contributed by atoms with Crippen molar-refractivity contribution >= 4 is 58.2 Å². The number of carboxylic acid groups (broad SMARTS) is 1. The van der Waals surface area contributed by atoms with Crippen LogP contribution in [0.15, 0.2) is 60.2 Å². The molecule has 166 valence electrons. The molecule has 0 spiro atoms. The number of urea groups is 1. The molecule has 4 amide bonds. The highest BCUT2D eigenvalue weighted by atomic mass is 127. The SMILES string of the molecule is Cc1cc(/C=C2/C(=O)NC(=O)N(c3cccc(C(=O)O)c3)C2=O)c(C)n1-c1ccc(I)cc1. The van der Waals surface area contributed by atoms with Gasteiger partial charge in [0, 0.05) is 20.6 Å². The van der Waals surface area contributed by atoms with Gasteiger partial charge in [-0.3, -0.25) is 14.9 Å². The van der Waals surface area contributed by atoms with E-state index in [0.29, 0.717) is 5.56 Å². The molecular weight excluding hydrogens is 537 g/mol. The Hall–Kier alpha value is -3.73. The second-order valence-electron chi connectivity index (χ2n) is 7.45. The number of nitrogens with one attached hydrogen (secondary N) is 1. The Morgan fingerprint density at radius 3 is 2.36 bits per heavy atom. The van der Waals surface area contributed by atoms with Gasteiger partial charge in [0.1, 0.15) is 5.57 Å². The topological polar surface area (TPSA) is 109 Å². The van der Waals surface area contributed by atoms with Crippen molar-refractivity contribution in [1.29, 1.82) is 0 Å². The number of anilines is 1. The molecule has 2 heterocycles. The van der Waals surface area contributed by atoms with Gasteiger partial charge >= 0.3 is 12.0 Å². The Balaban J connectivity index is 1.76. The Bertz CT molecular complexity index is 1350. The Morgan fingerprint density at radius 2 is 1.70 bits per heavy atom. The number of barbiturate groups is 1. The van der Waals surface area contributed by atoms with Crippen LogP contribution in [0.5, 0.6) is 0 Å². The van der Waals surface area contributed by atoms with Gasteiger partial charge in [-0.25, -0.2) is 14.5 Å². The maximum Gasteiger partial charge on any atom is 0.335 e. The van der Waals surface area contributed by atoms with E-state index in [1.165, 1.54) is 30.3 Å². The maximum atomic E-state index is 13.2. The van der Waals surface area contributed by atoms with Crippen molar-refractivity contribution in [2.75, 3.05) is 4.90 Å². The molecule has 3 aromatic rings. The second kappa shape index (κ2) is 8.66. The molecule has 0 radical (unpaired) electrons. The Morgan fingerprint density at radius 1 is 1.00 bits per heavy atom. The summed E-state index contributed by atoms with van der Waals surface area (Å²) in [6.45, 7) is 3.80. The minimum Gasteiger partial charge on any atom is -0.478 e. The number of carboxylic acids is 1. The van der Waals surface area contributed by atoms with Crippen LogP contribution in [0.2, 0.25) is 0 Å².